The molecule has 33 heavy (non-hydrogen) atoms. The monoisotopic (exact) mass is 501 g/mol. The summed E-state index contributed by atoms with van der Waals surface area (Å²) in [5.41, 5.74) is 9.10. The lowest BCUT2D eigenvalue weighted by Gasteiger charge is -2.14. The van der Waals surface area contributed by atoms with Crippen molar-refractivity contribution < 1.29 is 9.53 Å². The Morgan fingerprint density at radius 2 is 1.91 bits per heavy atom. The van der Waals surface area contributed by atoms with E-state index in [1.54, 1.807) is 0 Å². The lowest BCUT2D eigenvalue weighted by Crippen LogP contribution is -2.18. The summed E-state index contributed by atoms with van der Waals surface area (Å²) >= 11 is 2.78. The highest BCUT2D eigenvalue weighted by atomic mass is 35.5. The first-order chi connectivity index (χ1) is 15.6. The van der Waals surface area contributed by atoms with Gasteiger partial charge in [0.2, 0.25) is 0 Å². The van der Waals surface area contributed by atoms with Crippen LogP contribution in [0.1, 0.15) is 34.5 Å². The minimum Gasteiger partial charge on any atom is -0.486 e. The third kappa shape index (κ3) is 5.62. The molecule has 0 atom stereocenters. The minimum absolute atomic E-state index is 0. The van der Waals surface area contributed by atoms with Crippen molar-refractivity contribution in [3.8, 4) is 5.75 Å². The molecule has 7 nitrogen and oxygen atoms in total. The Morgan fingerprint density at radius 1 is 1.12 bits per heavy atom. The number of nitrogens with zero attached hydrogens (tertiary/aromatic N) is 3. The van der Waals surface area contributed by atoms with Crippen molar-refractivity contribution in [2.24, 2.45) is 0 Å². The van der Waals surface area contributed by atoms with Gasteiger partial charge in [0.15, 0.2) is 10.3 Å². The van der Waals surface area contributed by atoms with Crippen molar-refractivity contribution in [1.29, 1.82) is 0 Å². The summed E-state index contributed by atoms with van der Waals surface area (Å²) in [4.78, 5) is 24.0. The van der Waals surface area contributed by atoms with Gasteiger partial charge in [-0.2, -0.15) is 0 Å². The zero-order valence-electron chi connectivity index (χ0n) is 17.8. The van der Waals surface area contributed by atoms with E-state index in [1.165, 1.54) is 41.1 Å². The van der Waals surface area contributed by atoms with Crippen LogP contribution in [0.2, 0.25) is 0 Å². The van der Waals surface area contributed by atoms with Crippen molar-refractivity contribution in [1.82, 2.24) is 14.9 Å². The topological polar surface area (TPSA) is 93.4 Å². The zero-order chi connectivity index (χ0) is 21.9. The summed E-state index contributed by atoms with van der Waals surface area (Å²) in [6, 6.07) is 13.5. The van der Waals surface area contributed by atoms with E-state index in [-0.39, 0.29) is 18.3 Å². The summed E-state index contributed by atoms with van der Waals surface area (Å²) in [6.45, 7) is 3.58. The smallest absolute Gasteiger partial charge is 0.257 e. The first kappa shape index (κ1) is 23.4. The average Bonchev–Trinajstić information content (AvgIpc) is 3.54. The SMILES string of the molecule is Cl.Nc1nc(COc2cccc3nc(NC(=O)c4ccc(CN5CCCC5)cc4)sc23)cs1. The largest absolute Gasteiger partial charge is 0.486 e. The third-order valence-corrected chi connectivity index (χ3v) is 7.09. The first-order valence-corrected chi connectivity index (χ1v) is 12.2. The molecule has 0 saturated carbocycles. The Balaban J connectivity index is 0.00000259. The maximum atomic E-state index is 12.7. The molecule has 0 spiro atoms. The molecule has 1 aliphatic heterocycles. The lowest BCUT2D eigenvalue weighted by atomic mass is 10.1. The van der Waals surface area contributed by atoms with Crippen molar-refractivity contribution >= 4 is 61.5 Å². The standard InChI is InChI=1S/C23H23N5O2S2.ClH/c24-22-25-17(14-31-22)13-30-19-5-3-4-18-20(19)32-23(26-18)27-21(29)16-8-6-15(7-9-16)12-28-10-1-2-11-28;/h3-9,14H,1-2,10-13H2,(H2,24,25)(H,26,27,29);1H. The number of hydrogen-bond donors (Lipinski definition) is 2. The fraction of sp³-hybridized carbons (Fsp3) is 0.261. The van der Waals surface area contributed by atoms with Crippen molar-refractivity contribution in [3.05, 3.63) is 64.7 Å². The van der Waals surface area contributed by atoms with E-state index in [9.17, 15) is 4.79 Å². The number of nitrogen functional groups attached to an aromatic ring is 1. The second-order valence-electron chi connectivity index (χ2n) is 7.72. The van der Waals surface area contributed by atoms with Gasteiger partial charge in [-0.1, -0.05) is 29.5 Å². The van der Waals surface area contributed by atoms with E-state index >= 15 is 0 Å². The van der Waals surface area contributed by atoms with E-state index in [2.05, 4.69) is 20.2 Å². The quantitative estimate of drug-likeness (QED) is 0.362. The summed E-state index contributed by atoms with van der Waals surface area (Å²) < 4.78 is 6.81. The molecule has 1 fully saturated rings. The Kier molecular flexibility index (Phi) is 7.44. The van der Waals surface area contributed by atoms with Gasteiger partial charge in [-0.15, -0.1) is 23.7 Å². The van der Waals surface area contributed by atoms with E-state index in [4.69, 9.17) is 10.5 Å². The number of nitrogens with one attached hydrogen (secondary N) is 1. The van der Waals surface area contributed by atoms with Crippen LogP contribution in [0.15, 0.2) is 47.8 Å². The van der Waals surface area contributed by atoms with Crippen LogP contribution < -0.4 is 15.8 Å². The molecule has 2 aromatic carbocycles. The second kappa shape index (κ2) is 10.5. The Hall–Kier alpha value is -2.72. The Bertz CT molecular complexity index is 1240. The number of benzene rings is 2. The number of hydrogen-bond acceptors (Lipinski definition) is 8. The molecule has 3 heterocycles. The number of carbonyl (C=O) groups is 1. The molecule has 0 bridgehead atoms. The maximum absolute atomic E-state index is 12.7. The van der Waals surface area contributed by atoms with Gasteiger partial charge in [-0.05, 0) is 55.8 Å². The summed E-state index contributed by atoms with van der Waals surface area (Å²) in [5, 5.41) is 5.86. The second-order valence-corrected chi connectivity index (χ2v) is 9.61. The molecule has 0 unspecified atom stereocenters. The number of nitrogens with two attached hydrogens (primary N) is 1. The highest BCUT2D eigenvalue weighted by Crippen LogP contribution is 2.34. The first-order valence-electron chi connectivity index (χ1n) is 10.5. The lowest BCUT2D eigenvalue weighted by molar-refractivity contribution is 0.102. The number of amides is 1. The van der Waals surface area contributed by atoms with Crippen LogP contribution in [0.3, 0.4) is 0 Å². The highest BCUT2D eigenvalue weighted by Gasteiger charge is 2.15. The van der Waals surface area contributed by atoms with Gasteiger partial charge in [0, 0.05) is 17.5 Å². The van der Waals surface area contributed by atoms with Gasteiger partial charge >= 0.3 is 0 Å². The summed E-state index contributed by atoms with van der Waals surface area (Å²) in [5.74, 6) is 0.538. The molecule has 0 aliphatic carbocycles. The van der Waals surface area contributed by atoms with E-state index < -0.39 is 0 Å². The third-order valence-electron chi connectivity index (χ3n) is 5.37. The van der Waals surface area contributed by atoms with Crippen molar-refractivity contribution in [2.45, 2.75) is 26.0 Å². The molecule has 3 N–H and O–H groups in total. The molecule has 4 aromatic rings. The van der Waals surface area contributed by atoms with Gasteiger partial charge in [0.05, 0.1) is 15.9 Å². The number of likely N-dealkylation sites (tertiary alicyclic amines) is 1. The number of halogens is 1. The van der Waals surface area contributed by atoms with Gasteiger partial charge in [0.25, 0.3) is 5.91 Å². The molecular formula is C23H24ClN5O2S2. The van der Waals surface area contributed by atoms with Gasteiger partial charge in [0.1, 0.15) is 12.4 Å². The minimum atomic E-state index is -0.169. The van der Waals surface area contributed by atoms with Gasteiger partial charge in [-0.25, -0.2) is 9.97 Å². The predicted molar refractivity (Wildman–Crippen MR) is 137 cm³/mol. The number of rotatable bonds is 7. The fourth-order valence-electron chi connectivity index (χ4n) is 3.76. The maximum Gasteiger partial charge on any atom is 0.257 e. The number of fused-ring (bicyclic) bond motifs is 1. The molecule has 2 aromatic heterocycles. The molecule has 172 valence electrons. The van der Waals surface area contributed by atoms with Crippen LogP contribution in [0.4, 0.5) is 10.3 Å². The molecule has 0 radical (unpaired) electrons. The number of ether oxygens (including phenoxy) is 1. The van der Waals surface area contributed by atoms with Crippen LogP contribution in [-0.2, 0) is 13.2 Å². The van der Waals surface area contributed by atoms with Crippen molar-refractivity contribution in [2.75, 3.05) is 24.1 Å². The van der Waals surface area contributed by atoms with E-state index in [1.807, 2.05) is 47.8 Å². The molecule has 1 saturated heterocycles. The normalized spacial score (nSPS) is 13.7. The molecule has 1 amide bonds. The Morgan fingerprint density at radius 3 is 2.64 bits per heavy atom. The van der Waals surface area contributed by atoms with Crippen LogP contribution in [0.25, 0.3) is 10.2 Å². The van der Waals surface area contributed by atoms with Crippen molar-refractivity contribution in [3.63, 3.8) is 0 Å². The van der Waals surface area contributed by atoms with Crippen LogP contribution in [0.5, 0.6) is 5.75 Å². The number of aromatic nitrogens is 2. The molecule has 1 aliphatic rings. The van der Waals surface area contributed by atoms with Gasteiger partial charge in [-0.3, -0.25) is 15.0 Å². The zero-order valence-corrected chi connectivity index (χ0v) is 20.3. The molecule has 5 rings (SSSR count). The fourth-order valence-corrected chi connectivity index (χ4v) is 5.24. The predicted octanol–water partition coefficient (Wildman–Crippen LogP) is 5.18. The Labute approximate surface area is 206 Å². The van der Waals surface area contributed by atoms with E-state index in [0.717, 1.165) is 35.5 Å². The highest BCUT2D eigenvalue weighted by molar-refractivity contribution is 7.22. The molecular weight excluding hydrogens is 478 g/mol. The summed E-state index contributed by atoms with van der Waals surface area (Å²) in [7, 11) is 0. The van der Waals surface area contributed by atoms with E-state index in [0.29, 0.717) is 28.2 Å². The summed E-state index contributed by atoms with van der Waals surface area (Å²) in [6.07, 6.45) is 2.55. The van der Waals surface area contributed by atoms with Crippen LogP contribution >= 0.6 is 35.1 Å². The molecule has 10 heteroatoms. The van der Waals surface area contributed by atoms with Crippen LogP contribution in [0, 0.1) is 0 Å². The van der Waals surface area contributed by atoms with Gasteiger partial charge < -0.3 is 10.5 Å². The number of carbonyl (C=O) groups excluding carboxylic acids is 1. The van der Waals surface area contributed by atoms with Crippen LogP contribution in [-0.4, -0.2) is 33.9 Å². The number of thiazole rings is 2. The number of anilines is 2. The average molecular weight is 502 g/mol.